The zero-order valence-electron chi connectivity index (χ0n) is 12.7. The molecule has 0 spiro atoms. The Morgan fingerprint density at radius 2 is 2.05 bits per heavy atom. The maximum absolute atomic E-state index is 11.1. The minimum Gasteiger partial charge on any atom is -0.380 e. The topological polar surface area (TPSA) is 58.4 Å². The van der Waals surface area contributed by atoms with Crippen LogP contribution < -0.4 is 5.32 Å². The van der Waals surface area contributed by atoms with Crippen LogP contribution in [0.3, 0.4) is 0 Å². The Kier molecular flexibility index (Phi) is 7.01. The van der Waals surface area contributed by atoms with E-state index in [0.29, 0.717) is 5.69 Å². The Balaban J connectivity index is 2.79. The second-order valence-electron chi connectivity index (χ2n) is 5.13. The van der Waals surface area contributed by atoms with Gasteiger partial charge in [0, 0.05) is 19.2 Å². The smallest absolute Gasteiger partial charge is 0.292 e. The molecule has 0 aliphatic heterocycles. The summed E-state index contributed by atoms with van der Waals surface area (Å²) in [5.74, 6) is 0. The summed E-state index contributed by atoms with van der Waals surface area (Å²) in [4.78, 5) is 13.0. The molecule has 20 heavy (non-hydrogen) atoms. The van der Waals surface area contributed by atoms with Gasteiger partial charge in [0.2, 0.25) is 0 Å². The van der Waals surface area contributed by atoms with Crippen molar-refractivity contribution in [1.82, 2.24) is 4.90 Å². The van der Waals surface area contributed by atoms with E-state index < -0.39 is 0 Å². The van der Waals surface area contributed by atoms with Crippen LogP contribution in [0.4, 0.5) is 11.4 Å². The Labute approximate surface area is 121 Å². The Hall–Kier alpha value is -1.62. The highest BCUT2D eigenvalue weighted by Crippen LogP contribution is 2.26. The molecular formula is C15H25N3O2. The van der Waals surface area contributed by atoms with Gasteiger partial charge in [-0.15, -0.1) is 0 Å². The van der Waals surface area contributed by atoms with Gasteiger partial charge in [-0.2, -0.15) is 0 Å². The van der Waals surface area contributed by atoms with Crippen molar-refractivity contribution in [2.24, 2.45) is 0 Å². The quantitative estimate of drug-likeness (QED) is 0.553. The zero-order chi connectivity index (χ0) is 15.0. The van der Waals surface area contributed by atoms with E-state index in [4.69, 9.17) is 0 Å². The standard InChI is InChI=1S/C15H25N3O2/c1-4-6-10-17(3)12-13-7-8-14(16-9-5-2)15(11-13)18(19)20/h7-8,11,16H,4-6,9-10,12H2,1-3H3. The molecule has 0 aliphatic carbocycles. The fourth-order valence-electron chi connectivity index (χ4n) is 2.05. The van der Waals surface area contributed by atoms with Gasteiger partial charge in [-0.3, -0.25) is 10.1 Å². The molecule has 0 bridgehead atoms. The van der Waals surface area contributed by atoms with E-state index in [9.17, 15) is 10.1 Å². The van der Waals surface area contributed by atoms with Crippen molar-refractivity contribution in [3.63, 3.8) is 0 Å². The molecule has 0 unspecified atom stereocenters. The molecule has 112 valence electrons. The van der Waals surface area contributed by atoms with Crippen molar-refractivity contribution >= 4 is 11.4 Å². The Bertz CT molecular complexity index is 435. The van der Waals surface area contributed by atoms with E-state index in [1.807, 2.05) is 26.1 Å². The molecular weight excluding hydrogens is 254 g/mol. The largest absolute Gasteiger partial charge is 0.380 e. The third-order valence-electron chi connectivity index (χ3n) is 3.17. The van der Waals surface area contributed by atoms with Crippen LogP contribution in [0, 0.1) is 10.1 Å². The number of nitro groups is 1. The number of unbranched alkanes of at least 4 members (excludes halogenated alkanes) is 1. The number of nitro benzene ring substituents is 1. The number of hydrogen-bond acceptors (Lipinski definition) is 4. The molecule has 1 aromatic rings. The number of nitrogens with one attached hydrogen (secondary N) is 1. The fraction of sp³-hybridized carbons (Fsp3) is 0.600. The number of anilines is 1. The van der Waals surface area contributed by atoms with Gasteiger partial charge in [-0.1, -0.05) is 26.3 Å². The number of benzene rings is 1. The highest BCUT2D eigenvalue weighted by Gasteiger charge is 2.14. The summed E-state index contributed by atoms with van der Waals surface area (Å²) in [7, 11) is 2.05. The molecule has 1 aromatic carbocycles. The number of hydrogen-bond donors (Lipinski definition) is 1. The first-order valence-electron chi connectivity index (χ1n) is 7.28. The van der Waals surface area contributed by atoms with Crippen molar-refractivity contribution in [2.45, 2.75) is 39.7 Å². The van der Waals surface area contributed by atoms with Gasteiger partial charge in [0.1, 0.15) is 5.69 Å². The lowest BCUT2D eigenvalue weighted by Gasteiger charge is -2.16. The van der Waals surface area contributed by atoms with Crippen LogP contribution in [0.2, 0.25) is 0 Å². The van der Waals surface area contributed by atoms with Crippen LogP contribution in [-0.4, -0.2) is 30.0 Å². The molecule has 1 N–H and O–H groups in total. The molecule has 0 radical (unpaired) electrons. The van der Waals surface area contributed by atoms with Gasteiger partial charge in [0.05, 0.1) is 4.92 Å². The second kappa shape index (κ2) is 8.53. The first-order valence-corrected chi connectivity index (χ1v) is 7.28. The van der Waals surface area contributed by atoms with Crippen molar-refractivity contribution in [3.05, 3.63) is 33.9 Å². The van der Waals surface area contributed by atoms with Gasteiger partial charge in [0.15, 0.2) is 0 Å². The molecule has 0 heterocycles. The van der Waals surface area contributed by atoms with Gasteiger partial charge >= 0.3 is 0 Å². The van der Waals surface area contributed by atoms with Crippen LogP contribution in [0.5, 0.6) is 0 Å². The minimum atomic E-state index is -0.312. The van der Waals surface area contributed by atoms with Crippen LogP contribution in [0.25, 0.3) is 0 Å². The molecule has 1 rings (SSSR count). The lowest BCUT2D eigenvalue weighted by atomic mass is 10.1. The average Bonchev–Trinajstić information content (AvgIpc) is 2.43. The predicted molar refractivity (Wildman–Crippen MR) is 83.1 cm³/mol. The van der Waals surface area contributed by atoms with E-state index in [0.717, 1.165) is 44.5 Å². The molecule has 5 nitrogen and oxygen atoms in total. The zero-order valence-corrected chi connectivity index (χ0v) is 12.7. The highest BCUT2D eigenvalue weighted by atomic mass is 16.6. The monoisotopic (exact) mass is 279 g/mol. The van der Waals surface area contributed by atoms with Crippen LogP contribution in [0.1, 0.15) is 38.7 Å². The summed E-state index contributed by atoms with van der Waals surface area (Å²) in [6.45, 7) is 6.70. The molecule has 0 atom stereocenters. The predicted octanol–water partition coefficient (Wildman–Crippen LogP) is 3.65. The number of nitrogens with zero attached hydrogens (tertiary/aromatic N) is 2. The van der Waals surface area contributed by atoms with Crippen molar-refractivity contribution < 1.29 is 4.92 Å². The van der Waals surface area contributed by atoms with E-state index >= 15 is 0 Å². The Morgan fingerprint density at radius 1 is 1.30 bits per heavy atom. The van der Waals surface area contributed by atoms with Crippen molar-refractivity contribution in [3.8, 4) is 0 Å². The molecule has 0 aliphatic rings. The van der Waals surface area contributed by atoms with Crippen LogP contribution in [0.15, 0.2) is 18.2 Å². The SMILES string of the molecule is CCCCN(C)Cc1ccc(NCCC)c([N+](=O)[O-])c1. The third-order valence-corrected chi connectivity index (χ3v) is 3.17. The Morgan fingerprint density at radius 3 is 2.65 bits per heavy atom. The average molecular weight is 279 g/mol. The van der Waals surface area contributed by atoms with Crippen molar-refractivity contribution in [1.29, 1.82) is 0 Å². The van der Waals surface area contributed by atoms with Crippen LogP contribution >= 0.6 is 0 Å². The first-order chi connectivity index (χ1) is 9.58. The maximum Gasteiger partial charge on any atom is 0.292 e. The fourth-order valence-corrected chi connectivity index (χ4v) is 2.05. The summed E-state index contributed by atoms with van der Waals surface area (Å²) < 4.78 is 0. The lowest BCUT2D eigenvalue weighted by Crippen LogP contribution is -2.19. The molecule has 0 aromatic heterocycles. The molecule has 0 amide bonds. The van der Waals surface area contributed by atoms with Gasteiger partial charge in [-0.05, 0) is 38.1 Å². The van der Waals surface area contributed by atoms with Gasteiger partial charge in [-0.25, -0.2) is 0 Å². The molecule has 5 heteroatoms. The molecule has 0 fully saturated rings. The van der Waals surface area contributed by atoms with Crippen molar-refractivity contribution in [2.75, 3.05) is 25.5 Å². The summed E-state index contributed by atoms with van der Waals surface area (Å²) in [5.41, 5.74) is 1.76. The van der Waals surface area contributed by atoms with E-state index in [1.54, 1.807) is 6.07 Å². The summed E-state index contributed by atoms with van der Waals surface area (Å²) in [5, 5.41) is 14.3. The molecule has 0 saturated carbocycles. The van der Waals surface area contributed by atoms with E-state index in [-0.39, 0.29) is 10.6 Å². The lowest BCUT2D eigenvalue weighted by molar-refractivity contribution is -0.384. The minimum absolute atomic E-state index is 0.167. The third kappa shape index (κ3) is 5.17. The summed E-state index contributed by atoms with van der Waals surface area (Å²) in [6.07, 6.45) is 3.25. The van der Waals surface area contributed by atoms with E-state index in [2.05, 4.69) is 17.1 Å². The second-order valence-corrected chi connectivity index (χ2v) is 5.13. The summed E-state index contributed by atoms with van der Waals surface area (Å²) >= 11 is 0. The normalized spacial score (nSPS) is 10.8. The first kappa shape index (κ1) is 16.4. The highest BCUT2D eigenvalue weighted by molar-refractivity contribution is 5.62. The van der Waals surface area contributed by atoms with Crippen LogP contribution in [-0.2, 0) is 6.54 Å². The maximum atomic E-state index is 11.1. The van der Waals surface area contributed by atoms with Gasteiger partial charge in [0.25, 0.3) is 5.69 Å². The number of rotatable bonds is 9. The van der Waals surface area contributed by atoms with Gasteiger partial charge < -0.3 is 10.2 Å². The summed E-state index contributed by atoms with van der Waals surface area (Å²) in [6, 6.07) is 5.46. The van der Waals surface area contributed by atoms with E-state index in [1.165, 1.54) is 0 Å². The molecule has 0 saturated heterocycles.